The molecule has 0 fully saturated rings. The molecule has 2 aromatic carbocycles. The number of hydrogen-bond acceptors (Lipinski definition) is 4. The Bertz CT molecular complexity index is 977. The van der Waals surface area contributed by atoms with Crippen molar-refractivity contribution in [2.75, 3.05) is 17.7 Å². The van der Waals surface area contributed by atoms with E-state index in [2.05, 4.69) is 15.6 Å². The molecular weight excluding hydrogens is 349 g/mol. The second-order valence-corrected chi connectivity index (χ2v) is 5.57. The molecule has 0 saturated heterocycles. The molecule has 1 heterocycles. The van der Waals surface area contributed by atoms with Gasteiger partial charge in [0.25, 0.3) is 11.8 Å². The molecule has 3 aromatic rings. The summed E-state index contributed by atoms with van der Waals surface area (Å²) in [5, 5.41) is 5.31. The van der Waals surface area contributed by atoms with E-state index < -0.39 is 11.7 Å². The van der Waals surface area contributed by atoms with Crippen molar-refractivity contribution in [2.24, 2.45) is 0 Å². The van der Waals surface area contributed by atoms with E-state index in [9.17, 15) is 14.0 Å². The first kappa shape index (κ1) is 18.1. The van der Waals surface area contributed by atoms with Gasteiger partial charge in [0.05, 0.1) is 12.7 Å². The van der Waals surface area contributed by atoms with Crippen molar-refractivity contribution in [3.05, 3.63) is 83.9 Å². The number of hydrogen-bond donors (Lipinski definition) is 2. The number of ether oxygens (including phenoxy) is 1. The van der Waals surface area contributed by atoms with Crippen LogP contribution in [0.3, 0.4) is 0 Å². The second kappa shape index (κ2) is 8.09. The topological polar surface area (TPSA) is 80.3 Å². The molecule has 1 aromatic heterocycles. The molecule has 27 heavy (non-hydrogen) atoms. The Labute approximate surface area is 155 Å². The maximum Gasteiger partial charge on any atom is 0.258 e. The van der Waals surface area contributed by atoms with Crippen LogP contribution in [0.1, 0.15) is 20.7 Å². The lowest BCUT2D eigenvalue weighted by molar-refractivity contribution is 0.101. The number of amides is 2. The molecule has 136 valence electrons. The van der Waals surface area contributed by atoms with Gasteiger partial charge < -0.3 is 15.4 Å². The summed E-state index contributed by atoms with van der Waals surface area (Å²) in [7, 11) is 1.41. The first-order chi connectivity index (χ1) is 13.1. The van der Waals surface area contributed by atoms with Gasteiger partial charge in [-0.1, -0.05) is 6.07 Å². The van der Waals surface area contributed by atoms with Gasteiger partial charge in [-0.15, -0.1) is 0 Å². The van der Waals surface area contributed by atoms with Crippen LogP contribution >= 0.6 is 0 Å². The molecule has 0 bridgehead atoms. The van der Waals surface area contributed by atoms with Crippen LogP contribution in [0.25, 0.3) is 0 Å². The Morgan fingerprint density at radius 1 is 0.926 bits per heavy atom. The quantitative estimate of drug-likeness (QED) is 0.722. The Morgan fingerprint density at radius 2 is 1.67 bits per heavy atom. The fourth-order valence-electron chi connectivity index (χ4n) is 2.38. The number of nitrogens with zero attached hydrogens (tertiary/aromatic N) is 1. The van der Waals surface area contributed by atoms with Crippen molar-refractivity contribution in [3.63, 3.8) is 0 Å². The van der Waals surface area contributed by atoms with Gasteiger partial charge in [-0.2, -0.15) is 0 Å². The van der Waals surface area contributed by atoms with E-state index in [4.69, 9.17) is 4.74 Å². The lowest BCUT2D eigenvalue weighted by atomic mass is 10.1. The summed E-state index contributed by atoms with van der Waals surface area (Å²) < 4.78 is 18.9. The Balaban J connectivity index is 1.74. The number of benzene rings is 2. The molecule has 0 aliphatic heterocycles. The standard InChI is InChI=1S/C20H16FN3O3/c1-27-16-5-6-17(18(21)12-16)20(26)24-15-4-2-3-13(11-15)19(25)23-14-7-9-22-10-8-14/h2-12H,1H3,(H,24,26)(H,22,23,25). The van der Waals surface area contributed by atoms with Crippen LogP contribution in [0, 0.1) is 5.82 Å². The highest BCUT2D eigenvalue weighted by Gasteiger charge is 2.14. The van der Waals surface area contributed by atoms with Crippen LogP contribution in [-0.2, 0) is 0 Å². The normalized spacial score (nSPS) is 10.1. The molecular formula is C20H16FN3O3. The summed E-state index contributed by atoms with van der Waals surface area (Å²) in [4.78, 5) is 28.5. The lowest BCUT2D eigenvalue weighted by Crippen LogP contribution is -2.15. The first-order valence-electron chi connectivity index (χ1n) is 8.03. The zero-order valence-corrected chi connectivity index (χ0v) is 14.4. The van der Waals surface area contributed by atoms with Gasteiger partial charge in [0.1, 0.15) is 11.6 Å². The van der Waals surface area contributed by atoms with Crippen molar-refractivity contribution in [1.82, 2.24) is 4.98 Å². The van der Waals surface area contributed by atoms with Gasteiger partial charge in [0, 0.05) is 35.4 Å². The highest BCUT2D eigenvalue weighted by atomic mass is 19.1. The van der Waals surface area contributed by atoms with Gasteiger partial charge >= 0.3 is 0 Å². The Kier molecular flexibility index (Phi) is 5.41. The summed E-state index contributed by atoms with van der Waals surface area (Å²) in [5.74, 6) is -1.34. The van der Waals surface area contributed by atoms with Crippen LogP contribution in [0.4, 0.5) is 15.8 Å². The molecule has 0 aliphatic carbocycles. The predicted octanol–water partition coefficient (Wildman–Crippen LogP) is 3.73. The average molecular weight is 365 g/mol. The van der Waals surface area contributed by atoms with Gasteiger partial charge in [-0.05, 0) is 42.5 Å². The molecule has 6 nitrogen and oxygen atoms in total. The van der Waals surface area contributed by atoms with E-state index in [1.165, 1.54) is 25.3 Å². The summed E-state index contributed by atoms with van der Waals surface area (Å²) in [6.07, 6.45) is 3.13. The molecule has 0 radical (unpaired) electrons. The van der Waals surface area contributed by atoms with E-state index in [0.717, 1.165) is 6.07 Å². The molecule has 2 amide bonds. The van der Waals surface area contributed by atoms with Crippen molar-refractivity contribution in [2.45, 2.75) is 0 Å². The molecule has 0 aliphatic rings. The number of anilines is 2. The molecule has 0 spiro atoms. The van der Waals surface area contributed by atoms with Crippen LogP contribution in [-0.4, -0.2) is 23.9 Å². The fourth-order valence-corrected chi connectivity index (χ4v) is 2.38. The lowest BCUT2D eigenvalue weighted by Gasteiger charge is -2.09. The third-order valence-corrected chi connectivity index (χ3v) is 3.74. The van der Waals surface area contributed by atoms with Crippen LogP contribution in [0.2, 0.25) is 0 Å². The van der Waals surface area contributed by atoms with Crippen molar-refractivity contribution in [1.29, 1.82) is 0 Å². The highest BCUT2D eigenvalue weighted by Crippen LogP contribution is 2.19. The zero-order valence-electron chi connectivity index (χ0n) is 14.4. The van der Waals surface area contributed by atoms with Crippen molar-refractivity contribution >= 4 is 23.2 Å². The van der Waals surface area contributed by atoms with E-state index in [1.807, 2.05) is 0 Å². The number of rotatable bonds is 5. The Hall–Kier alpha value is -3.74. The first-order valence-corrected chi connectivity index (χ1v) is 8.03. The van der Waals surface area contributed by atoms with E-state index in [1.54, 1.807) is 42.7 Å². The number of aromatic nitrogens is 1. The maximum absolute atomic E-state index is 14.0. The van der Waals surface area contributed by atoms with Crippen molar-refractivity contribution < 1.29 is 18.7 Å². The number of nitrogens with one attached hydrogen (secondary N) is 2. The largest absolute Gasteiger partial charge is 0.497 e. The molecule has 3 rings (SSSR count). The van der Waals surface area contributed by atoms with Gasteiger partial charge in [0.15, 0.2) is 0 Å². The summed E-state index contributed by atoms with van der Waals surface area (Å²) in [5.41, 5.74) is 1.20. The minimum Gasteiger partial charge on any atom is -0.497 e. The van der Waals surface area contributed by atoms with E-state index in [0.29, 0.717) is 22.7 Å². The maximum atomic E-state index is 14.0. The molecule has 0 atom stereocenters. The van der Waals surface area contributed by atoms with Crippen LogP contribution in [0.15, 0.2) is 67.0 Å². The van der Waals surface area contributed by atoms with E-state index in [-0.39, 0.29) is 11.5 Å². The van der Waals surface area contributed by atoms with Gasteiger partial charge in [-0.3, -0.25) is 14.6 Å². The number of pyridine rings is 1. The number of methoxy groups -OCH3 is 1. The SMILES string of the molecule is COc1ccc(C(=O)Nc2cccc(C(=O)Nc3ccncc3)c2)c(F)c1. The molecule has 7 heteroatoms. The molecule has 2 N–H and O–H groups in total. The third-order valence-electron chi connectivity index (χ3n) is 3.74. The van der Waals surface area contributed by atoms with Crippen LogP contribution < -0.4 is 15.4 Å². The summed E-state index contributed by atoms with van der Waals surface area (Å²) >= 11 is 0. The second-order valence-electron chi connectivity index (χ2n) is 5.57. The molecule has 0 unspecified atom stereocenters. The van der Waals surface area contributed by atoms with Crippen LogP contribution in [0.5, 0.6) is 5.75 Å². The Morgan fingerprint density at radius 3 is 2.37 bits per heavy atom. The number of carbonyl (C=O) groups is 2. The highest BCUT2D eigenvalue weighted by molar-refractivity contribution is 6.07. The summed E-state index contributed by atoms with van der Waals surface area (Å²) in [6.45, 7) is 0. The number of carbonyl (C=O) groups excluding carboxylic acids is 2. The predicted molar refractivity (Wildman–Crippen MR) is 99.5 cm³/mol. The third kappa shape index (κ3) is 4.46. The van der Waals surface area contributed by atoms with Crippen molar-refractivity contribution in [3.8, 4) is 5.75 Å². The minimum absolute atomic E-state index is 0.123. The molecule has 0 saturated carbocycles. The fraction of sp³-hybridized carbons (Fsp3) is 0.0500. The summed E-state index contributed by atoms with van der Waals surface area (Å²) in [6, 6.07) is 13.7. The van der Waals surface area contributed by atoms with Gasteiger partial charge in [-0.25, -0.2) is 4.39 Å². The van der Waals surface area contributed by atoms with E-state index >= 15 is 0 Å². The average Bonchev–Trinajstić information content (AvgIpc) is 2.68. The smallest absolute Gasteiger partial charge is 0.258 e. The number of halogens is 1. The zero-order chi connectivity index (χ0) is 19.2. The minimum atomic E-state index is -0.696. The van der Waals surface area contributed by atoms with Gasteiger partial charge in [0.2, 0.25) is 0 Å². The monoisotopic (exact) mass is 365 g/mol.